The number of rotatable bonds is 6. The van der Waals surface area contributed by atoms with E-state index in [1.54, 1.807) is 14.2 Å². The number of ether oxygens (including phenoxy) is 3. The van der Waals surface area contributed by atoms with Crippen molar-refractivity contribution in [2.75, 3.05) is 20.8 Å². The molecule has 1 aliphatic carbocycles. The zero-order valence-electron chi connectivity index (χ0n) is 17.4. The molecule has 1 N–H and O–H groups in total. The fraction of sp³-hybridized carbons (Fsp3) is 0.391. The molecule has 1 aliphatic heterocycles. The number of aromatic nitrogens is 3. The van der Waals surface area contributed by atoms with Gasteiger partial charge in [0.2, 0.25) is 0 Å². The summed E-state index contributed by atoms with van der Waals surface area (Å²) in [6.45, 7) is -0.0324. The van der Waals surface area contributed by atoms with Crippen molar-refractivity contribution in [3.63, 3.8) is 0 Å². The number of hydrogen-bond donors (Lipinski definition) is 1. The van der Waals surface area contributed by atoms with Gasteiger partial charge in [-0.1, -0.05) is 23.7 Å². The standard InChI is InChI=1S/C23H24ClN3O4/c1-29-18-5-3-4-15(21(18)30-2)20-16-12-14(24)8-9-17(16)27-22(13-6-7-13)25-26-23(27)19(31-20)10-11-28/h3-5,8-9,12-13,19-20,28H,6-7,10-11H2,1-2H3. The Morgan fingerprint density at radius 1 is 1.10 bits per heavy atom. The summed E-state index contributed by atoms with van der Waals surface area (Å²) in [4.78, 5) is 0. The molecule has 162 valence electrons. The van der Waals surface area contributed by atoms with Crippen LogP contribution >= 0.6 is 11.6 Å². The fourth-order valence-corrected chi connectivity index (χ4v) is 4.46. The molecule has 2 aliphatic rings. The minimum atomic E-state index is -0.496. The lowest BCUT2D eigenvalue weighted by Crippen LogP contribution is -2.14. The molecule has 3 aromatic rings. The van der Waals surface area contributed by atoms with Gasteiger partial charge in [0.15, 0.2) is 17.3 Å². The van der Waals surface area contributed by atoms with Gasteiger partial charge >= 0.3 is 0 Å². The summed E-state index contributed by atoms with van der Waals surface area (Å²) in [6, 6.07) is 11.5. The van der Waals surface area contributed by atoms with Gasteiger partial charge in [-0.05, 0) is 37.1 Å². The lowest BCUT2D eigenvalue weighted by molar-refractivity contribution is -0.00985. The van der Waals surface area contributed by atoms with E-state index in [1.165, 1.54) is 0 Å². The maximum Gasteiger partial charge on any atom is 0.167 e. The number of aliphatic hydroxyl groups is 1. The third-order valence-corrected chi connectivity index (χ3v) is 6.10. The first-order chi connectivity index (χ1) is 15.2. The van der Waals surface area contributed by atoms with Gasteiger partial charge in [0.05, 0.1) is 19.9 Å². The second-order valence-electron chi connectivity index (χ2n) is 7.83. The normalized spacial score (nSPS) is 20.0. The number of para-hydroxylation sites is 1. The second kappa shape index (κ2) is 8.15. The van der Waals surface area contributed by atoms with Crippen LogP contribution in [0, 0.1) is 0 Å². The zero-order valence-corrected chi connectivity index (χ0v) is 18.2. The van der Waals surface area contributed by atoms with Crippen molar-refractivity contribution in [1.29, 1.82) is 0 Å². The number of nitrogens with zero attached hydrogens (tertiary/aromatic N) is 3. The highest BCUT2D eigenvalue weighted by molar-refractivity contribution is 6.30. The van der Waals surface area contributed by atoms with Gasteiger partial charge in [0.1, 0.15) is 18.0 Å². The molecule has 2 aromatic carbocycles. The molecule has 0 amide bonds. The first-order valence-corrected chi connectivity index (χ1v) is 10.8. The molecule has 0 spiro atoms. The van der Waals surface area contributed by atoms with Crippen molar-refractivity contribution in [2.45, 2.75) is 37.4 Å². The molecule has 2 unspecified atom stereocenters. The monoisotopic (exact) mass is 441 g/mol. The van der Waals surface area contributed by atoms with Crippen LogP contribution in [-0.4, -0.2) is 40.7 Å². The SMILES string of the molecule is COc1cccc(C2OC(CCO)c3nnc(C4CC4)n3-c3ccc(Cl)cc32)c1OC. The smallest absolute Gasteiger partial charge is 0.167 e. The van der Waals surface area contributed by atoms with Gasteiger partial charge in [-0.3, -0.25) is 4.57 Å². The Hall–Kier alpha value is -2.61. The van der Waals surface area contributed by atoms with Crippen LogP contribution < -0.4 is 9.47 Å². The number of benzene rings is 2. The molecule has 1 aromatic heterocycles. The first kappa shape index (κ1) is 20.3. The van der Waals surface area contributed by atoms with Crippen molar-refractivity contribution in [3.05, 3.63) is 64.2 Å². The van der Waals surface area contributed by atoms with E-state index in [1.807, 2.05) is 36.4 Å². The summed E-state index contributed by atoms with van der Waals surface area (Å²) in [6.07, 6.45) is 1.65. The molecule has 0 radical (unpaired) electrons. The number of fused-ring (bicyclic) bond motifs is 3. The minimum absolute atomic E-state index is 0.0324. The van der Waals surface area contributed by atoms with Gasteiger partial charge in [0, 0.05) is 35.1 Å². The molecule has 7 nitrogen and oxygen atoms in total. The van der Waals surface area contributed by atoms with E-state index in [9.17, 15) is 5.11 Å². The van der Waals surface area contributed by atoms with Gasteiger partial charge < -0.3 is 19.3 Å². The molecule has 1 saturated carbocycles. The molecule has 31 heavy (non-hydrogen) atoms. The highest BCUT2D eigenvalue weighted by Gasteiger charge is 2.38. The van der Waals surface area contributed by atoms with E-state index >= 15 is 0 Å². The Bertz CT molecular complexity index is 1110. The third kappa shape index (κ3) is 3.46. The molecule has 1 fully saturated rings. The van der Waals surface area contributed by atoms with E-state index in [0.717, 1.165) is 35.5 Å². The van der Waals surface area contributed by atoms with Crippen LogP contribution in [0.2, 0.25) is 5.02 Å². The predicted molar refractivity (Wildman–Crippen MR) is 115 cm³/mol. The van der Waals surface area contributed by atoms with Gasteiger partial charge in [0.25, 0.3) is 0 Å². The maximum atomic E-state index is 9.76. The lowest BCUT2D eigenvalue weighted by atomic mass is 9.98. The Kier molecular flexibility index (Phi) is 5.33. The summed E-state index contributed by atoms with van der Waals surface area (Å²) in [5.74, 6) is 3.24. The van der Waals surface area contributed by atoms with Crippen LogP contribution in [0.25, 0.3) is 5.69 Å². The molecule has 0 saturated heterocycles. The van der Waals surface area contributed by atoms with E-state index in [2.05, 4.69) is 14.8 Å². The maximum absolute atomic E-state index is 9.76. The Labute approximate surface area is 185 Å². The third-order valence-electron chi connectivity index (χ3n) is 5.86. The van der Waals surface area contributed by atoms with Crippen molar-refractivity contribution >= 4 is 11.6 Å². The number of hydrogen-bond acceptors (Lipinski definition) is 6. The van der Waals surface area contributed by atoms with Gasteiger partial charge in [-0.25, -0.2) is 0 Å². The number of methoxy groups -OCH3 is 2. The van der Waals surface area contributed by atoms with Crippen LogP contribution in [-0.2, 0) is 4.74 Å². The molecular formula is C23H24ClN3O4. The van der Waals surface area contributed by atoms with Crippen LogP contribution in [0.15, 0.2) is 36.4 Å². The zero-order chi connectivity index (χ0) is 21.5. The summed E-state index contributed by atoms with van der Waals surface area (Å²) in [5, 5.41) is 19.4. The minimum Gasteiger partial charge on any atom is -0.493 e. The van der Waals surface area contributed by atoms with Crippen LogP contribution in [0.5, 0.6) is 11.5 Å². The highest BCUT2D eigenvalue weighted by atomic mass is 35.5. The van der Waals surface area contributed by atoms with E-state index in [-0.39, 0.29) is 6.61 Å². The number of aliphatic hydroxyl groups excluding tert-OH is 1. The van der Waals surface area contributed by atoms with Gasteiger partial charge in [-0.2, -0.15) is 0 Å². The van der Waals surface area contributed by atoms with Crippen LogP contribution in [0.1, 0.15) is 60.2 Å². The van der Waals surface area contributed by atoms with Crippen LogP contribution in [0.3, 0.4) is 0 Å². The van der Waals surface area contributed by atoms with Crippen molar-refractivity contribution < 1.29 is 19.3 Å². The van der Waals surface area contributed by atoms with Crippen molar-refractivity contribution in [1.82, 2.24) is 14.8 Å². The largest absolute Gasteiger partial charge is 0.493 e. The average molecular weight is 442 g/mol. The Balaban J connectivity index is 1.76. The van der Waals surface area contributed by atoms with Crippen molar-refractivity contribution in [2.24, 2.45) is 0 Å². The van der Waals surface area contributed by atoms with Gasteiger partial charge in [-0.15, -0.1) is 10.2 Å². The quantitative estimate of drug-likeness (QED) is 0.612. The summed E-state index contributed by atoms with van der Waals surface area (Å²) in [7, 11) is 3.22. The molecule has 2 heterocycles. The van der Waals surface area contributed by atoms with E-state index in [4.69, 9.17) is 25.8 Å². The number of halogens is 1. The summed E-state index contributed by atoms with van der Waals surface area (Å²) in [5.41, 5.74) is 2.64. The fourth-order valence-electron chi connectivity index (χ4n) is 4.28. The van der Waals surface area contributed by atoms with Crippen LogP contribution in [0.4, 0.5) is 0 Å². The Morgan fingerprint density at radius 3 is 2.61 bits per heavy atom. The van der Waals surface area contributed by atoms with E-state index < -0.39 is 12.2 Å². The first-order valence-electron chi connectivity index (χ1n) is 10.4. The van der Waals surface area contributed by atoms with E-state index in [0.29, 0.717) is 34.7 Å². The lowest BCUT2D eigenvalue weighted by Gasteiger charge is -2.24. The Morgan fingerprint density at radius 2 is 1.90 bits per heavy atom. The molecular weight excluding hydrogens is 418 g/mol. The molecule has 8 heteroatoms. The predicted octanol–water partition coefficient (Wildman–Crippen LogP) is 4.36. The summed E-state index contributed by atoms with van der Waals surface area (Å²) < 4.78 is 19.9. The topological polar surface area (TPSA) is 78.6 Å². The molecule has 5 rings (SSSR count). The average Bonchev–Trinajstić information content (AvgIpc) is 3.56. The highest BCUT2D eigenvalue weighted by Crippen LogP contribution is 2.48. The summed E-state index contributed by atoms with van der Waals surface area (Å²) >= 11 is 6.44. The molecule has 0 bridgehead atoms. The second-order valence-corrected chi connectivity index (χ2v) is 8.27. The van der Waals surface area contributed by atoms with Crippen molar-refractivity contribution in [3.8, 4) is 17.2 Å². The molecule has 2 atom stereocenters.